The van der Waals surface area contributed by atoms with Crippen molar-refractivity contribution in [2.75, 3.05) is 0 Å². The molecule has 0 unspecified atom stereocenters. The third-order valence-corrected chi connectivity index (χ3v) is 3.57. The van der Waals surface area contributed by atoms with Gasteiger partial charge in [-0.25, -0.2) is 0 Å². The average molecular weight is 301 g/mol. The summed E-state index contributed by atoms with van der Waals surface area (Å²) in [6.07, 6.45) is -2.72. The van der Waals surface area contributed by atoms with Crippen molar-refractivity contribution >= 4 is 10.8 Å². The van der Waals surface area contributed by atoms with E-state index < -0.39 is 11.7 Å². The van der Waals surface area contributed by atoms with Crippen molar-refractivity contribution < 1.29 is 13.2 Å². The molecule has 0 bridgehead atoms. The molecule has 2 aromatic carbocycles. The lowest BCUT2D eigenvalue weighted by Gasteiger charge is -2.09. The van der Waals surface area contributed by atoms with E-state index in [1.807, 2.05) is 32.0 Å². The minimum absolute atomic E-state index is 0.541. The summed E-state index contributed by atoms with van der Waals surface area (Å²) in [5.41, 5.74) is 3.15. The number of hydrogen-bond acceptors (Lipinski definition) is 1. The largest absolute Gasteiger partial charge is 0.416 e. The van der Waals surface area contributed by atoms with Crippen molar-refractivity contribution in [2.45, 2.75) is 20.0 Å². The Hall–Kier alpha value is -2.36. The lowest BCUT2D eigenvalue weighted by atomic mass is 10.0. The third-order valence-electron chi connectivity index (χ3n) is 3.57. The molecule has 0 saturated carbocycles. The van der Waals surface area contributed by atoms with Gasteiger partial charge in [-0.15, -0.1) is 0 Å². The van der Waals surface area contributed by atoms with E-state index in [1.54, 1.807) is 12.3 Å². The number of aryl methyl sites for hydroxylation is 2. The predicted octanol–water partition coefficient (Wildman–Crippen LogP) is 5.54. The van der Waals surface area contributed by atoms with Crippen molar-refractivity contribution in [2.24, 2.45) is 0 Å². The van der Waals surface area contributed by atoms with Crippen molar-refractivity contribution in [3.8, 4) is 11.3 Å². The summed E-state index contributed by atoms with van der Waals surface area (Å²) >= 11 is 0. The van der Waals surface area contributed by atoms with Gasteiger partial charge in [0.15, 0.2) is 0 Å². The highest BCUT2D eigenvalue weighted by atomic mass is 19.4. The van der Waals surface area contributed by atoms with E-state index in [9.17, 15) is 13.2 Å². The first kappa shape index (κ1) is 14.6. The fourth-order valence-corrected chi connectivity index (χ4v) is 2.60. The molecule has 112 valence electrons. The zero-order valence-electron chi connectivity index (χ0n) is 12.2. The number of halogens is 3. The fourth-order valence-electron chi connectivity index (χ4n) is 2.60. The predicted molar refractivity (Wildman–Crippen MR) is 81.7 cm³/mol. The minimum Gasteiger partial charge on any atom is -0.256 e. The van der Waals surface area contributed by atoms with E-state index in [4.69, 9.17) is 0 Å². The topological polar surface area (TPSA) is 12.9 Å². The number of aromatic nitrogens is 1. The number of nitrogens with zero attached hydrogens (tertiary/aromatic N) is 1. The van der Waals surface area contributed by atoms with E-state index in [1.165, 1.54) is 12.1 Å². The molecular weight excluding hydrogens is 287 g/mol. The standard InChI is InChI=1S/C18H14F3N/c1-11-5-12(2)7-15(6-11)17-9-14-8-16(18(19,20)21)4-3-13(14)10-22-17/h3-10H,1-2H3. The van der Waals surface area contributed by atoms with Crippen LogP contribution in [0.1, 0.15) is 16.7 Å². The quantitative estimate of drug-likeness (QED) is 0.575. The number of hydrogen-bond donors (Lipinski definition) is 0. The Morgan fingerprint density at radius 3 is 2.14 bits per heavy atom. The summed E-state index contributed by atoms with van der Waals surface area (Å²) < 4.78 is 38.5. The SMILES string of the molecule is Cc1cc(C)cc(-c2cc3cc(C(F)(F)F)ccc3cn2)c1. The smallest absolute Gasteiger partial charge is 0.256 e. The second-order valence-electron chi connectivity index (χ2n) is 5.51. The van der Waals surface area contributed by atoms with Gasteiger partial charge in [0, 0.05) is 17.1 Å². The molecule has 1 heterocycles. The summed E-state index contributed by atoms with van der Waals surface area (Å²) in [6, 6.07) is 11.4. The summed E-state index contributed by atoms with van der Waals surface area (Å²) in [7, 11) is 0. The van der Waals surface area contributed by atoms with Gasteiger partial charge < -0.3 is 0 Å². The van der Waals surface area contributed by atoms with Gasteiger partial charge in [-0.3, -0.25) is 4.98 Å². The number of fused-ring (bicyclic) bond motifs is 1. The van der Waals surface area contributed by atoms with E-state index in [0.29, 0.717) is 16.5 Å². The minimum atomic E-state index is -4.34. The molecule has 0 saturated heterocycles. The molecule has 0 amide bonds. The van der Waals surface area contributed by atoms with Crippen molar-refractivity contribution in [1.29, 1.82) is 0 Å². The molecule has 1 nitrogen and oxygen atoms in total. The van der Waals surface area contributed by atoms with Crippen LogP contribution in [0, 0.1) is 13.8 Å². The lowest BCUT2D eigenvalue weighted by molar-refractivity contribution is -0.137. The van der Waals surface area contributed by atoms with Gasteiger partial charge in [-0.2, -0.15) is 13.2 Å². The van der Waals surface area contributed by atoms with Gasteiger partial charge in [0.2, 0.25) is 0 Å². The maximum absolute atomic E-state index is 12.8. The first-order chi connectivity index (χ1) is 10.3. The zero-order valence-corrected chi connectivity index (χ0v) is 12.2. The molecule has 22 heavy (non-hydrogen) atoms. The normalized spacial score (nSPS) is 11.9. The first-order valence-electron chi connectivity index (χ1n) is 6.88. The Balaban J connectivity index is 2.15. The molecule has 0 aliphatic carbocycles. The van der Waals surface area contributed by atoms with Crippen molar-refractivity contribution in [3.63, 3.8) is 0 Å². The fraction of sp³-hybridized carbons (Fsp3) is 0.167. The molecule has 0 aliphatic rings. The van der Waals surface area contributed by atoms with Crippen molar-refractivity contribution in [1.82, 2.24) is 4.98 Å². The maximum Gasteiger partial charge on any atom is 0.416 e. The summed E-state index contributed by atoms with van der Waals surface area (Å²) in [6.45, 7) is 3.97. The number of alkyl halides is 3. The van der Waals surface area contributed by atoms with Crippen LogP contribution in [0.5, 0.6) is 0 Å². The zero-order chi connectivity index (χ0) is 15.9. The van der Waals surface area contributed by atoms with Gasteiger partial charge in [0.1, 0.15) is 0 Å². The van der Waals surface area contributed by atoms with E-state index in [0.717, 1.165) is 22.8 Å². The van der Waals surface area contributed by atoms with Gasteiger partial charge in [0.05, 0.1) is 11.3 Å². The number of benzene rings is 2. The van der Waals surface area contributed by atoms with Gasteiger partial charge in [0.25, 0.3) is 0 Å². The van der Waals surface area contributed by atoms with Gasteiger partial charge in [-0.05, 0) is 49.6 Å². The highest BCUT2D eigenvalue weighted by molar-refractivity contribution is 5.86. The lowest BCUT2D eigenvalue weighted by Crippen LogP contribution is -2.04. The Morgan fingerprint density at radius 2 is 1.50 bits per heavy atom. The maximum atomic E-state index is 12.8. The summed E-state index contributed by atoms with van der Waals surface area (Å²) in [5, 5.41) is 1.24. The van der Waals surface area contributed by atoms with Crippen LogP contribution in [0.2, 0.25) is 0 Å². The van der Waals surface area contributed by atoms with E-state index in [-0.39, 0.29) is 0 Å². The molecule has 0 radical (unpaired) electrons. The molecule has 3 rings (SSSR count). The first-order valence-corrected chi connectivity index (χ1v) is 6.88. The van der Waals surface area contributed by atoms with Crippen LogP contribution in [0.3, 0.4) is 0 Å². The number of rotatable bonds is 1. The average Bonchev–Trinajstić information content (AvgIpc) is 2.44. The molecule has 1 aromatic heterocycles. The highest BCUT2D eigenvalue weighted by Gasteiger charge is 2.30. The van der Waals surface area contributed by atoms with Crippen LogP contribution in [0.25, 0.3) is 22.0 Å². The van der Waals surface area contributed by atoms with Crippen molar-refractivity contribution in [3.05, 3.63) is 65.4 Å². The summed E-state index contributed by atoms with van der Waals surface area (Å²) in [4.78, 5) is 4.37. The Bertz CT molecular complexity index is 830. The van der Waals surface area contributed by atoms with Crippen LogP contribution in [-0.4, -0.2) is 4.98 Å². The Labute approximate surface area is 126 Å². The molecule has 0 fully saturated rings. The summed E-state index contributed by atoms with van der Waals surface area (Å²) in [5.74, 6) is 0. The molecule has 0 aliphatic heterocycles. The molecule has 3 aromatic rings. The van der Waals surface area contributed by atoms with Crippen LogP contribution < -0.4 is 0 Å². The van der Waals surface area contributed by atoms with E-state index in [2.05, 4.69) is 4.98 Å². The molecule has 4 heteroatoms. The second kappa shape index (κ2) is 5.13. The molecule has 0 atom stereocenters. The van der Waals surface area contributed by atoms with Crippen LogP contribution in [0.4, 0.5) is 13.2 Å². The van der Waals surface area contributed by atoms with Crippen LogP contribution >= 0.6 is 0 Å². The second-order valence-corrected chi connectivity index (χ2v) is 5.51. The monoisotopic (exact) mass is 301 g/mol. The van der Waals surface area contributed by atoms with E-state index >= 15 is 0 Å². The van der Waals surface area contributed by atoms with Crippen LogP contribution in [-0.2, 0) is 6.18 Å². The van der Waals surface area contributed by atoms with Gasteiger partial charge in [-0.1, -0.05) is 23.3 Å². The van der Waals surface area contributed by atoms with Crippen LogP contribution in [0.15, 0.2) is 48.7 Å². The van der Waals surface area contributed by atoms with Gasteiger partial charge >= 0.3 is 6.18 Å². The molecule has 0 spiro atoms. The molecule has 0 N–H and O–H groups in total. The number of pyridine rings is 1. The highest BCUT2D eigenvalue weighted by Crippen LogP contribution is 2.32. The Kier molecular flexibility index (Phi) is 3.39. The Morgan fingerprint density at radius 1 is 0.818 bits per heavy atom. The molecular formula is C18H14F3N. The third kappa shape index (κ3) is 2.82.